The van der Waals surface area contributed by atoms with E-state index in [0.29, 0.717) is 30.1 Å². The van der Waals surface area contributed by atoms with Crippen LogP contribution in [0.5, 0.6) is 0 Å². The smallest absolute Gasteiger partial charge is 0.232 e. The van der Waals surface area contributed by atoms with E-state index in [-0.39, 0.29) is 5.91 Å². The number of thioether (sulfide) groups is 1. The van der Waals surface area contributed by atoms with Crippen molar-refractivity contribution in [2.75, 3.05) is 24.6 Å². The fraction of sp³-hybridized carbons (Fsp3) is 0.385. The van der Waals surface area contributed by atoms with Crippen molar-refractivity contribution in [1.82, 2.24) is 4.90 Å². The Balaban J connectivity index is 2.70. The molecule has 0 aliphatic carbocycles. The molecule has 0 spiro atoms. The fourth-order valence-corrected chi connectivity index (χ4v) is 2.48. The largest absolute Gasteiger partial charge is 0.397 e. The van der Waals surface area contributed by atoms with Crippen LogP contribution in [0.1, 0.15) is 19.4 Å². The molecule has 0 saturated carbocycles. The van der Waals surface area contributed by atoms with Crippen LogP contribution in [0.4, 0.5) is 5.69 Å². The van der Waals surface area contributed by atoms with E-state index in [1.807, 2.05) is 26.0 Å². The van der Waals surface area contributed by atoms with Gasteiger partial charge in [0, 0.05) is 18.0 Å². The average molecular weight is 263 g/mol. The summed E-state index contributed by atoms with van der Waals surface area (Å²) < 4.78 is 0. The molecule has 4 nitrogen and oxygen atoms in total. The minimum absolute atomic E-state index is 0.0896. The second-order valence-electron chi connectivity index (χ2n) is 3.68. The third-order valence-electron chi connectivity index (χ3n) is 2.65. The molecule has 0 radical (unpaired) electrons. The van der Waals surface area contributed by atoms with Gasteiger partial charge in [0.05, 0.1) is 17.0 Å². The first-order valence-corrected chi connectivity index (χ1v) is 6.81. The molecule has 1 aromatic carbocycles. The highest BCUT2D eigenvalue weighted by atomic mass is 32.2. The summed E-state index contributed by atoms with van der Waals surface area (Å²) in [4.78, 5) is 14.4. The molecule has 0 aliphatic rings. The number of carbonyl (C=O) groups is 1. The Kier molecular flexibility index (Phi) is 5.53. The number of nitriles is 1. The molecule has 18 heavy (non-hydrogen) atoms. The van der Waals surface area contributed by atoms with E-state index in [2.05, 4.69) is 0 Å². The molecule has 5 heteroatoms. The van der Waals surface area contributed by atoms with Crippen molar-refractivity contribution in [3.63, 3.8) is 0 Å². The first-order chi connectivity index (χ1) is 8.63. The van der Waals surface area contributed by atoms with Crippen LogP contribution < -0.4 is 5.73 Å². The van der Waals surface area contributed by atoms with E-state index in [9.17, 15) is 4.79 Å². The van der Waals surface area contributed by atoms with Gasteiger partial charge in [-0.15, -0.1) is 11.8 Å². The lowest BCUT2D eigenvalue weighted by atomic mass is 10.2. The molecule has 0 saturated heterocycles. The maximum absolute atomic E-state index is 11.8. The highest BCUT2D eigenvalue weighted by Gasteiger charge is 2.11. The van der Waals surface area contributed by atoms with E-state index in [0.717, 1.165) is 4.90 Å². The van der Waals surface area contributed by atoms with Crippen LogP contribution in [-0.4, -0.2) is 29.6 Å². The molecule has 0 aromatic heterocycles. The summed E-state index contributed by atoms with van der Waals surface area (Å²) in [5, 5.41) is 8.87. The van der Waals surface area contributed by atoms with Crippen molar-refractivity contribution in [3.8, 4) is 6.07 Å². The second-order valence-corrected chi connectivity index (χ2v) is 4.70. The highest BCUT2D eigenvalue weighted by Crippen LogP contribution is 2.27. The van der Waals surface area contributed by atoms with Gasteiger partial charge in [0.25, 0.3) is 0 Å². The van der Waals surface area contributed by atoms with Crippen molar-refractivity contribution in [2.45, 2.75) is 18.7 Å². The van der Waals surface area contributed by atoms with E-state index in [1.54, 1.807) is 17.0 Å². The topological polar surface area (TPSA) is 70.1 Å². The molecule has 1 amide bonds. The van der Waals surface area contributed by atoms with Gasteiger partial charge in [0.15, 0.2) is 0 Å². The minimum Gasteiger partial charge on any atom is -0.397 e. The first-order valence-electron chi connectivity index (χ1n) is 5.83. The van der Waals surface area contributed by atoms with Crippen LogP contribution >= 0.6 is 11.8 Å². The van der Waals surface area contributed by atoms with Crippen LogP contribution in [0.2, 0.25) is 0 Å². The zero-order valence-electron chi connectivity index (χ0n) is 10.6. The van der Waals surface area contributed by atoms with Gasteiger partial charge in [0.2, 0.25) is 5.91 Å². The number of benzene rings is 1. The monoisotopic (exact) mass is 263 g/mol. The summed E-state index contributed by atoms with van der Waals surface area (Å²) in [6.07, 6.45) is 0. The molecule has 0 heterocycles. The van der Waals surface area contributed by atoms with Gasteiger partial charge in [-0.25, -0.2) is 0 Å². The summed E-state index contributed by atoms with van der Waals surface area (Å²) in [6.45, 7) is 5.33. The Morgan fingerprint density at radius 2 is 2.11 bits per heavy atom. The van der Waals surface area contributed by atoms with Crippen LogP contribution in [0.3, 0.4) is 0 Å². The Labute approximate surface area is 112 Å². The highest BCUT2D eigenvalue weighted by molar-refractivity contribution is 8.00. The molecule has 0 bridgehead atoms. The standard InChI is InChI=1S/C13H17N3OS/c1-3-16(4-2)12(17)9-18-11-7-5-6-10(8-14)13(11)15/h5-7H,3-4,9,15H2,1-2H3. The predicted octanol–water partition coefficient (Wildman–Crippen LogP) is 2.10. The summed E-state index contributed by atoms with van der Waals surface area (Å²) in [6, 6.07) is 7.31. The summed E-state index contributed by atoms with van der Waals surface area (Å²) in [7, 11) is 0. The van der Waals surface area contributed by atoms with E-state index in [1.165, 1.54) is 11.8 Å². The average Bonchev–Trinajstić information content (AvgIpc) is 2.39. The third kappa shape index (κ3) is 3.41. The molecule has 0 atom stereocenters. The van der Waals surface area contributed by atoms with Crippen molar-refractivity contribution in [2.24, 2.45) is 0 Å². The fourth-order valence-electron chi connectivity index (χ4n) is 1.57. The number of hydrogen-bond donors (Lipinski definition) is 1. The maximum atomic E-state index is 11.8. The Hall–Kier alpha value is -1.67. The number of amides is 1. The molecular formula is C13H17N3OS. The number of rotatable bonds is 5. The number of nitrogens with two attached hydrogens (primary N) is 1. The summed E-state index contributed by atoms with van der Waals surface area (Å²) in [5.74, 6) is 0.438. The lowest BCUT2D eigenvalue weighted by molar-refractivity contribution is -0.127. The van der Waals surface area contributed by atoms with Crippen LogP contribution in [0, 0.1) is 11.3 Å². The number of para-hydroxylation sites is 1. The Morgan fingerprint density at radius 1 is 1.44 bits per heavy atom. The van der Waals surface area contributed by atoms with Crippen LogP contribution in [-0.2, 0) is 4.79 Å². The SMILES string of the molecule is CCN(CC)C(=O)CSc1cccc(C#N)c1N. The molecule has 0 aliphatic heterocycles. The van der Waals surface area contributed by atoms with Gasteiger partial charge in [-0.3, -0.25) is 4.79 Å². The summed E-state index contributed by atoms with van der Waals surface area (Å²) >= 11 is 1.38. The number of carbonyl (C=O) groups excluding carboxylic acids is 1. The molecular weight excluding hydrogens is 246 g/mol. The summed E-state index contributed by atoms with van der Waals surface area (Å²) in [5.41, 5.74) is 6.76. The minimum atomic E-state index is 0.0896. The van der Waals surface area contributed by atoms with E-state index < -0.39 is 0 Å². The number of nitrogen functional groups attached to an aromatic ring is 1. The van der Waals surface area contributed by atoms with Gasteiger partial charge in [0.1, 0.15) is 6.07 Å². The molecule has 0 unspecified atom stereocenters. The molecule has 2 N–H and O–H groups in total. The normalized spacial score (nSPS) is 9.83. The molecule has 1 aromatic rings. The Bertz CT molecular complexity index is 464. The van der Waals surface area contributed by atoms with Gasteiger partial charge >= 0.3 is 0 Å². The van der Waals surface area contributed by atoms with Crippen molar-refractivity contribution >= 4 is 23.4 Å². The van der Waals surface area contributed by atoms with Gasteiger partial charge in [-0.1, -0.05) is 6.07 Å². The van der Waals surface area contributed by atoms with Gasteiger partial charge < -0.3 is 10.6 Å². The van der Waals surface area contributed by atoms with Crippen molar-refractivity contribution < 1.29 is 4.79 Å². The predicted molar refractivity (Wildman–Crippen MR) is 74.2 cm³/mol. The zero-order chi connectivity index (χ0) is 13.5. The third-order valence-corrected chi connectivity index (χ3v) is 3.71. The lowest BCUT2D eigenvalue weighted by Gasteiger charge is -2.18. The van der Waals surface area contributed by atoms with Crippen LogP contribution in [0.15, 0.2) is 23.1 Å². The molecule has 0 fully saturated rings. The van der Waals surface area contributed by atoms with Gasteiger partial charge in [-0.05, 0) is 26.0 Å². The van der Waals surface area contributed by atoms with E-state index in [4.69, 9.17) is 11.0 Å². The lowest BCUT2D eigenvalue weighted by Crippen LogP contribution is -2.31. The quantitative estimate of drug-likeness (QED) is 0.652. The zero-order valence-corrected chi connectivity index (χ0v) is 11.5. The van der Waals surface area contributed by atoms with Crippen LogP contribution in [0.25, 0.3) is 0 Å². The van der Waals surface area contributed by atoms with E-state index >= 15 is 0 Å². The first kappa shape index (κ1) is 14.4. The number of hydrogen-bond acceptors (Lipinski definition) is 4. The number of nitrogens with zero attached hydrogens (tertiary/aromatic N) is 2. The van der Waals surface area contributed by atoms with Crippen molar-refractivity contribution in [1.29, 1.82) is 5.26 Å². The molecule has 96 valence electrons. The van der Waals surface area contributed by atoms with Gasteiger partial charge in [-0.2, -0.15) is 5.26 Å². The second kappa shape index (κ2) is 6.92. The Morgan fingerprint density at radius 3 is 2.67 bits per heavy atom. The van der Waals surface area contributed by atoms with Crippen molar-refractivity contribution in [3.05, 3.63) is 23.8 Å². The maximum Gasteiger partial charge on any atom is 0.232 e. The number of anilines is 1. The molecule has 1 rings (SSSR count).